The Morgan fingerprint density at radius 2 is 2.00 bits per heavy atom. The molecule has 120 valence electrons. The summed E-state index contributed by atoms with van der Waals surface area (Å²) >= 11 is 6.15. The Morgan fingerprint density at radius 3 is 2.83 bits per heavy atom. The van der Waals surface area contributed by atoms with Gasteiger partial charge in [-0.1, -0.05) is 35.9 Å². The molecule has 0 saturated heterocycles. The zero-order valence-electron chi connectivity index (χ0n) is 13.1. The van der Waals surface area contributed by atoms with E-state index in [1.807, 2.05) is 43.3 Å². The number of carbonyl (C=O) groups excluding carboxylic acids is 1. The Morgan fingerprint density at radius 1 is 1.22 bits per heavy atom. The van der Waals surface area contributed by atoms with E-state index in [-0.39, 0.29) is 18.6 Å². The van der Waals surface area contributed by atoms with E-state index in [9.17, 15) is 4.79 Å². The van der Waals surface area contributed by atoms with Gasteiger partial charge in [-0.05, 0) is 61.1 Å². The minimum absolute atomic E-state index is 0.00752. The van der Waals surface area contributed by atoms with Gasteiger partial charge in [-0.2, -0.15) is 0 Å². The molecule has 0 fully saturated rings. The smallest absolute Gasteiger partial charge is 0.258 e. The van der Waals surface area contributed by atoms with Crippen LogP contribution in [0.1, 0.15) is 36.1 Å². The maximum atomic E-state index is 12.1. The highest BCUT2D eigenvalue weighted by Crippen LogP contribution is 2.26. The fourth-order valence-corrected chi connectivity index (χ4v) is 3.27. The standard InChI is InChI=1S/C19H20ClNO2/c1-13(17-7-2-3-8-18(17)20)21-19(22)12-23-16-10-9-14-5-4-6-15(14)11-16/h2-3,7-11,13H,4-6,12H2,1H3,(H,21,22). The number of rotatable bonds is 5. The topological polar surface area (TPSA) is 38.3 Å². The Hall–Kier alpha value is -2.00. The summed E-state index contributed by atoms with van der Waals surface area (Å²) in [6.07, 6.45) is 3.45. The van der Waals surface area contributed by atoms with Crippen molar-refractivity contribution in [2.24, 2.45) is 0 Å². The van der Waals surface area contributed by atoms with Gasteiger partial charge in [0, 0.05) is 5.02 Å². The molecule has 4 heteroatoms. The van der Waals surface area contributed by atoms with E-state index in [1.165, 1.54) is 17.5 Å². The molecular weight excluding hydrogens is 310 g/mol. The Balaban J connectivity index is 1.54. The third kappa shape index (κ3) is 3.85. The van der Waals surface area contributed by atoms with Gasteiger partial charge >= 0.3 is 0 Å². The largest absolute Gasteiger partial charge is 0.484 e. The monoisotopic (exact) mass is 329 g/mol. The van der Waals surface area contributed by atoms with E-state index in [1.54, 1.807) is 0 Å². The predicted molar refractivity (Wildman–Crippen MR) is 92.0 cm³/mol. The number of ether oxygens (including phenoxy) is 1. The fraction of sp³-hybridized carbons (Fsp3) is 0.316. The zero-order valence-corrected chi connectivity index (χ0v) is 13.9. The van der Waals surface area contributed by atoms with Crippen LogP contribution in [0.25, 0.3) is 0 Å². The first-order chi connectivity index (χ1) is 11.1. The van der Waals surface area contributed by atoms with Crippen molar-refractivity contribution in [1.82, 2.24) is 5.32 Å². The molecule has 1 N–H and O–H groups in total. The van der Waals surface area contributed by atoms with E-state index < -0.39 is 0 Å². The summed E-state index contributed by atoms with van der Waals surface area (Å²) < 4.78 is 5.62. The van der Waals surface area contributed by atoms with Crippen LogP contribution in [0.2, 0.25) is 5.02 Å². The third-order valence-electron chi connectivity index (χ3n) is 4.19. The molecule has 1 aliphatic rings. The van der Waals surface area contributed by atoms with Crippen LogP contribution in [0.3, 0.4) is 0 Å². The molecule has 0 saturated carbocycles. The number of carbonyl (C=O) groups is 1. The normalized spacial score (nSPS) is 14.2. The Bertz CT molecular complexity index is 714. The van der Waals surface area contributed by atoms with Crippen LogP contribution < -0.4 is 10.1 Å². The van der Waals surface area contributed by atoms with Gasteiger partial charge in [0.15, 0.2) is 6.61 Å². The first-order valence-electron chi connectivity index (χ1n) is 7.92. The SMILES string of the molecule is CC(NC(=O)COc1ccc2c(c1)CCC2)c1ccccc1Cl. The highest BCUT2D eigenvalue weighted by atomic mass is 35.5. The van der Waals surface area contributed by atoms with Crippen LogP contribution in [0.4, 0.5) is 0 Å². The van der Waals surface area contributed by atoms with Gasteiger partial charge in [0.1, 0.15) is 5.75 Å². The van der Waals surface area contributed by atoms with Crippen molar-refractivity contribution in [3.05, 3.63) is 64.2 Å². The van der Waals surface area contributed by atoms with E-state index in [2.05, 4.69) is 11.4 Å². The average molecular weight is 330 g/mol. The number of fused-ring (bicyclic) bond motifs is 1. The maximum absolute atomic E-state index is 12.1. The lowest BCUT2D eigenvalue weighted by Crippen LogP contribution is -2.31. The molecule has 3 rings (SSSR count). The predicted octanol–water partition coefficient (Wildman–Crippen LogP) is 4.08. The lowest BCUT2D eigenvalue weighted by molar-refractivity contribution is -0.123. The molecule has 0 aliphatic heterocycles. The van der Waals surface area contributed by atoms with Crippen molar-refractivity contribution in [1.29, 1.82) is 0 Å². The number of aryl methyl sites for hydroxylation is 2. The molecule has 1 unspecified atom stereocenters. The highest BCUT2D eigenvalue weighted by molar-refractivity contribution is 6.31. The zero-order chi connectivity index (χ0) is 16.2. The molecule has 23 heavy (non-hydrogen) atoms. The molecular formula is C19H20ClNO2. The molecule has 1 amide bonds. The number of hydrogen-bond acceptors (Lipinski definition) is 2. The number of halogens is 1. The van der Waals surface area contributed by atoms with Crippen LogP contribution in [0.5, 0.6) is 5.75 Å². The van der Waals surface area contributed by atoms with Crippen molar-refractivity contribution in [3.63, 3.8) is 0 Å². The quantitative estimate of drug-likeness (QED) is 0.897. The van der Waals surface area contributed by atoms with E-state index in [4.69, 9.17) is 16.3 Å². The minimum Gasteiger partial charge on any atom is -0.484 e. The molecule has 0 spiro atoms. The van der Waals surface area contributed by atoms with Crippen LogP contribution in [-0.2, 0) is 17.6 Å². The Kier molecular flexibility index (Phi) is 4.87. The summed E-state index contributed by atoms with van der Waals surface area (Å²) in [7, 11) is 0. The second kappa shape index (κ2) is 7.05. The molecule has 3 nitrogen and oxygen atoms in total. The molecule has 0 heterocycles. The second-order valence-electron chi connectivity index (χ2n) is 5.88. The number of benzene rings is 2. The van der Waals surface area contributed by atoms with Gasteiger partial charge in [-0.25, -0.2) is 0 Å². The number of amides is 1. The second-order valence-corrected chi connectivity index (χ2v) is 6.29. The lowest BCUT2D eigenvalue weighted by atomic mass is 10.1. The van der Waals surface area contributed by atoms with Crippen LogP contribution in [-0.4, -0.2) is 12.5 Å². The lowest BCUT2D eigenvalue weighted by Gasteiger charge is -2.16. The first-order valence-corrected chi connectivity index (χ1v) is 8.29. The number of hydrogen-bond donors (Lipinski definition) is 1. The average Bonchev–Trinajstić information content (AvgIpc) is 3.01. The summed E-state index contributed by atoms with van der Waals surface area (Å²) in [5, 5.41) is 3.56. The van der Waals surface area contributed by atoms with Crippen LogP contribution in [0, 0.1) is 0 Å². The van der Waals surface area contributed by atoms with Crippen molar-refractivity contribution < 1.29 is 9.53 Å². The molecule has 0 bridgehead atoms. The molecule has 0 radical (unpaired) electrons. The van der Waals surface area contributed by atoms with Crippen LogP contribution >= 0.6 is 11.6 Å². The summed E-state index contributed by atoms with van der Waals surface area (Å²) in [5.41, 5.74) is 3.64. The van der Waals surface area contributed by atoms with Crippen molar-refractivity contribution >= 4 is 17.5 Å². The van der Waals surface area contributed by atoms with Gasteiger partial charge in [-0.3, -0.25) is 4.79 Å². The third-order valence-corrected chi connectivity index (χ3v) is 4.53. The summed E-state index contributed by atoms with van der Waals surface area (Å²) in [5.74, 6) is 0.601. The maximum Gasteiger partial charge on any atom is 0.258 e. The van der Waals surface area contributed by atoms with Crippen molar-refractivity contribution in [3.8, 4) is 5.75 Å². The molecule has 2 aromatic carbocycles. The van der Waals surface area contributed by atoms with Gasteiger partial charge in [-0.15, -0.1) is 0 Å². The van der Waals surface area contributed by atoms with E-state index in [0.717, 1.165) is 24.2 Å². The molecule has 1 aliphatic carbocycles. The van der Waals surface area contributed by atoms with Gasteiger partial charge < -0.3 is 10.1 Å². The molecule has 0 aromatic heterocycles. The van der Waals surface area contributed by atoms with Crippen molar-refractivity contribution in [2.75, 3.05) is 6.61 Å². The Labute approximate surface area is 141 Å². The summed E-state index contributed by atoms with van der Waals surface area (Å²) in [6.45, 7) is 1.92. The number of nitrogens with one attached hydrogen (secondary N) is 1. The molecule has 1 atom stereocenters. The summed E-state index contributed by atoms with van der Waals surface area (Å²) in [6, 6.07) is 13.4. The van der Waals surface area contributed by atoms with Crippen molar-refractivity contribution in [2.45, 2.75) is 32.2 Å². The summed E-state index contributed by atoms with van der Waals surface area (Å²) in [4.78, 5) is 12.1. The first kappa shape index (κ1) is 15.9. The van der Waals surface area contributed by atoms with Crippen LogP contribution in [0.15, 0.2) is 42.5 Å². The van der Waals surface area contributed by atoms with Gasteiger partial charge in [0.2, 0.25) is 0 Å². The van der Waals surface area contributed by atoms with Gasteiger partial charge in [0.25, 0.3) is 5.91 Å². The minimum atomic E-state index is -0.155. The molecule has 2 aromatic rings. The highest BCUT2D eigenvalue weighted by Gasteiger charge is 2.14. The van der Waals surface area contributed by atoms with Gasteiger partial charge in [0.05, 0.1) is 6.04 Å². The fourth-order valence-electron chi connectivity index (χ4n) is 2.97. The van der Waals surface area contributed by atoms with E-state index in [0.29, 0.717) is 5.02 Å². The van der Waals surface area contributed by atoms with E-state index >= 15 is 0 Å².